The summed E-state index contributed by atoms with van der Waals surface area (Å²) >= 11 is 0. The SMILES string of the molecule is CCNCCNC(=O)Cc1cccc(F)c1. The van der Waals surface area contributed by atoms with Gasteiger partial charge in [0.1, 0.15) is 5.82 Å². The van der Waals surface area contributed by atoms with Gasteiger partial charge < -0.3 is 10.6 Å². The molecular weight excluding hydrogens is 207 g/mol. The topological polar surface area (TPSA) is 41.1 Å². The molecule has 0 fully saturated rings. The fourth-order valence-electron chi connectivity index (χ4n) is 1.36. The fraction of sp³-hybridized carbons (Fsp3) is 0.417. The first-order valence-corrected chi connectivity index (χ1v) is 5.44. The van der Waals surface area contributed by atoms with Crippen LogP contribution in [0, 0.1) is 5.82 Å². The summed E-state index contributed by atoms with van der Waals surface area (Å²) in [4.78, 5) is 11.4. The smallest absolute Gasteiger partial charge is 0.224 e. The molecule has 1 amide bonds. The van der Waals surface area contributed by atoms with E-state index in [2.05, 4.69) is 10.6 Å². The Morgan fingerprint density at radius 2 is 2.19 bits per heavy atom. The highest BCUT2D eigenvalue weighted by atomic mass is 19.1. The molecule has 0 saturated heterocycles. The zero-order valence-corrected chi connectivity index (χ0v) is 9.42. The van der Waals surface area contributed by atoms with Gasteiger partial charge in [-0.25, -0.2) is 4.39 Å². The van der Waals surface area contributed by atoms with Crippen LogP contribution in [0.15, 0.2) is 24.3 Å². The van der Waals surface area contributed by atoms with E-state index >= 15 is 0 Å². The standard InChI is InChI=1S/C12H17FN2O/c1-2-14-6-7-15-12(16)9-10-4-3-5-11(13)8-10/h3-5,8,14H,2,6-7,9H2,1H3,(H,15,16). The summed E-state index contributed by atoms with van der Waals surface area (Å²) in [5.74, 6) is -0.388. The molecule has 1 rings (SSSR count). The van der Waals surface area contributed by atoms with E-state index < -0.39 is 0 Å². The Balaban J connectivity index is 2.29. The van der Waals surface area contributed by atoms with Crippen LogP contribution >= 0.6 is 0 Å². The highest BCUT2D eigenvalue weighted by Crippen LogP contribution is 2.03. The van der Waals surface area contributed by atoms with Crippen LogP contribution in [0.1, 0.15) is 12.5 Å². The Bertz CT molecular complexity index is 342. The molecule has 0 unspecified atom stereocenters. The van der Waals surface area contributed by atoms with Crippen LogP contribution in [-0.2, 0) is 11.2 Å². The number of carbonyl (C=O) groups is 1. The van der Waals surface area contributed by atoms with E-state index in [1.54, 1.807) is 12.1 Å². The molecule has 0 aliphatic rings. The van der Waals surface area contributed by atoms with Crippen molar-refractivity contribution in [1.82, 2.24) is 10.6 Å². The molecular formula is C12H17FN2O. The van der Waals surface area contributed by atoms with Gasteiger partial charge in [0.05, 0.1) is 6.42 Å². The first kappa shape index (κ1) is 12.6. The average molecular weight is 224 g/mol. The van der Waals surface area contributed by atoms with Gasteiger partial charge in [-0.15, -0.1) is 0 Å². The van der Waals surface area contributed by atoms with Crippen molar-refractivity contribution in [3.63, 3.8) is 0 Å². The van der Waals surface area contributed by atoms with Gasteiger partial charge in [-0.2, -0.15) is 0 Å². The zero-order chi connectivity index (χ0) is 11.8. The maximum atomic E-state index is 12.8. The Labute approximate surface area is 95.0 Å². The molecule has 0 atom stereocenters. The van der Waals surface area contributed by atoms with Gasteiger partial charge in [0.25, 0.3) is 0 Å². The molecule has 0 radical (unpaired) electrons. The molecule has 0 bridgehead atoms. The number of halogens is 1. The molecule has 0 saturated carbocycles. The zero-order valence-electron chi connectivity index (χ0n) is 9.42. The lowest BCUT2D eigenvalue weighted by Crippen LogP contribution is -2.32. The lowest BCUT2D eigenvalue weighted by Gasteiger charge is -2.05. The Hall–Kier alpha value is -1.42. The third-order valence-electron chi connectivity index (χ3n) is 2.13. The number of hydrogen-bond acceptors (Lipinski definition) is 2. The first-order valence-electron chi connectivity index (χ1n) is 5.44. The Kier molecular flexibility index (Phi) is 5.50. The summed E-state index contributed by atoms with van der Waals surface area (Å²) < 4.78 is 12.8. The van der Waals surface area contributed by atoms with Gasteiger partial charge in [-0.05, 0) is 24.2 Å². The van der Waals surface area contributed by atoms with E-state index in [1.165, 1.54) is 12.1 Å². The lowest BCUT2D eigenvalue weighted by atomic mass is 10.1. The second-order valence-corrected chi connectivity index (χ2v) is 3.51. The molecule has 0 heterocycles. The van der Waals surface area contributed by atoms with Crippen LogP contribution in [0.3, 0.4) is 0 Å². The first-order chi connectivity index (χ1) is 7.72. The number of likely N-dealkylation sites (N-methyl/N-ethyl adjacent to an activating group) is 1. The maximum Gasteiger partial charge on any atom is 0.224 e. The van der Waals surface area contributed by atoms with Crippen molar-refractivity contribution in [1.29, 1.82) is 0 Å². The van der Waals surface area contributed by atoms with Crippen molar-refractivity contribution in [3.05, 3.63) is 35.6 Å². The third kappa shape index (κ3) is 4.89. The number of hydrogen-bond donors (Lipinski definition) is 2. The van der Waals surface area contributed by atoms with Crippen molar-refractivity contribution in [2.45, 2.75) is 13.3 Å². The number of carbonyl (C=O) groups excluding carboxylic acids is 1. The molecule has 4 heteroatoms. The van der Waals surface area contributed by atoms with Gasteiger partial charge >= 0.3 is 0 Å². The molecule has 1 aromatic carbocycles. The largest absolute Gasteiger partial charge is 0.355 e. The number of nitrogens with one attached hydrogen (secondary N) is 2. The monoisotopic (exact) mass is 224 g/mol. The van der Waals surface area contributed by atoms with Crippen LogP contribution in [0.5, 0.6) is 0 Å². The van der Waals surface area contributed by atoms with Gasteiger partial charge in [0.2, 0.25) is 5.91 Å². The molecule has 3 nitrogen and oxygen atoms in total. The third-order valence-corrected chi connectivity index (χ3v) is 2.13. The van der Waals surface area contributed by atoms with Gasteiger partial charge in [-0.3, -0.25) is 4.79 Å². The highest BCUT2D eigenvalue weighted by molar-refractivity contribution is 5.78. The molecule has 16 heavy (non-hydrogen) atoms. The Morgan fingerprint density at radius 1 is 1.38 bits per heavy atom. The second kappa shape index (κ2) is 6.95. The highest BCUT2D eigenvalue weighted by Gasteiger charge is 2.02. The molecule has 0 spiro atoms. The molecule has 88 valence electrons. The van der Waals surface area contributed by atoms with Crippen molar-refractivity contribution in [2.75, 3.05) is 19.6 Å². The average Bonchev–Trinajstić information content (AvgIpc) is 2.24. The molecule has 2 N–H and O–H groups in total. The summed E-state index contributed by atoms with van der Waals surface area (Å²) in [6, 6.07) is 6.10. The Morgan fingerprint density at radius 3 is 2.88 bits per heavy atom. The molecule has 0 aliphatic carbocycles. The summed E-state index contributed by atoms with van der Waals surface area (Å²) in [5.41, 5.74) is 0.695. The lowest BCUT2D eigenvalue weighted by molar-refractivity contribution is -0.120. The van der Waals surface area contributed by atoms with E-state index in [1.807, 2.05) is 6.92 Å². The van der Waals surface area contributed by atoms with Gasteiger partial charge in [0.15, 0.2) is 0 Å². The van der Waals surface area contributed by atoms with Crippen molar-refractivity contribution >= 4 is 5.91 Å². The fourth-order valence-corrected chi connectivity index (χ4v) is 1.36. The van der Waals surface area contributed by atoms with Crippen LogP contribution in [0.25, 0.3) is 0 Å². The normalized spacial score (nSPS) is 10.1. The van der Waals surface area contributed by atoms with Crippen LogP contribution in [-0.4, -0.2) is 25.5 Å². The summed E-state index contributed by atoms with van der Waals surface area (Å²) in [6.45, 7) is 4.25. The number of rotatable bonds is 6. The van der Waals surface area contributed by atoms with Crippen LogP contribution in [0.2, 0.25) is 0 Å². The minimum absolute atomic E-state index is 0.0801. The van der Waals surface area contributed by atoms with Gasteiger partial charge in [-0.1, -0.05) is 19.1 Å². The van der Waals surface area contributed by atoms with E-state index in [0.29, 0.717) is 12.1 Å². The van der Waals surface area contributed by atoms with Crippen LogP contribution < -0.4 is 10.6 Å². The van der Waals surface area contributed by atoms with E-state index in [4.69, 9.17) is 0 Å². The van der Waals surface area contributed by atoms with E-state index in [9.17, 15) is 9.18 Å². The molecule has 1 aromatic rings. The molecule has 0 aliphatic heterocycles. The summed E-state index contributed by atoms with van der Waals surface area (Å²) in [5, 5.41) is 5.86. The summed E-state index contributed by atoms with van der Waals surface area (Å²) in [6.07, 6.45) is 0.226. The van der Waals surface area contributed by atoms with Gasteiger partial charge in [0, 0.05) is 13.1 Å². The minimum Gasteiger partial charge on any atom is -0.355 e. The van der Waals surface area contributed by atoms with Crippen LogP contribution in [0.4, 0.5) is 4.39 Å². The predicted octanol–water partition coefficient (Wildman–Crippen LogP) is 1.09. The quantitative estimate of drug-likeness (QED) is 0.710. The molecule has 0 aromatic heterocycles. The second-order valence-electron chi connectivity index (χ2n) is 3.51. The number of amides is 1. The number of benzene rings is 1. The predicted molar refractivity (Wildman–Crippen MR) is 61.7 cm³/mol. The van der Waals surface area contributed by atoms with Crippen molar-refractivity contribution in [3.8, 4) is 0 Å². The minimum atomic E-state index is -0.307. The maximum absolute atomic E-state index is 12.8. The van der Waals surface area contributed by atoms with Crippen molar-refractivity contribution < 1.29 is 9.18 Å². The van der Waals surface area contributed by atoms with E-state index in [-0.39, 0.29) is 18.1 Å². The van der Waals surface area contributed by atoms with E-state index in [0.717, 1.165) is 13.1 Å². The summed E-state index contributed by atoms with van der Waals surface area (Å²) in [7, 11) is 0. The van der Waals surface area contributed by atoms with Crippen molar-refractivity contribution in [2.24, 2.45) is 0 Å².